The number of carboxylic acids is 1. The van der Waals surface area contributed by atoms with Crippen LogP contribution in [-0.2, 0) is 17.5 Å². The van der Waals surface area contributed by atoms with Crippen molar-refractivity contribution in [3.8, 4) is 6.07 Å². The molecule has 0 saturated carbocycles. The molecule has 0 aliphatic rings. The summed E-state index contributed by atoms with van der Waals surface area (Å²) in [6.07, 6.45) is -0.127. The van der Waals surface area contributed by atoms with E-state index in [4.69, 9.17) is 10.4 Å². The number of hydrogen-bond acceptors (Lipinski definition) is 3. The van der Waals surface area contributed by atoms with Crippen LogP contribution in [0.3, 0.4) is 0 Å². The van der Waals surface area contributed by atoms with E-state index in [0.717, 1.165) is 12.1 Å². The number of pyridine rings is 1. The largest absolute Gasteiger partial charge is 0.477 e. The van der Waals surface area contributed by atoms with Gasteiger partial charge in [-0.25, -0.2) is 9.78 Å². The van der Waals surface area contributed by atoms with Crippen molar-refractivity contribution in [1.82, 2.24) is 9.55 Å². The fourth-order valence-corrected chi connectivity index (χ4v) is 2.73. The average Bonchev–Trinajstić information content (AvgIpc) is 2.96. The minimum atomic E-state index is -4.44. The second kappa shape index (κ2) is 6.96. The monoisotopic (exact) mass is 371 g/mol. The Hall–Kier alpha value is -3.60. The van der Waals surface area contributed by atoms with Crippen molar-refractivity contribution in [3.63, 3.8) is 0 Å². The molecule has 3 rings (SSSR count). The lowest BCUT2D eigenvalue weighted by Gasteiger charge is -2.09. The van der Waals surface area contributed by atoms with E-state index in [9.17, 15) is 18.0 Å². The van der Waals surface area contributed by atoms with E-state index < -0.39 is 23.3 Å². The number of rotatable bonds is 4. The van der Waals surface area contributed by atoms with Gasteiger partial charge in [0, 0.05) is 29.9 Å². The Bertz CT molecular complexity index is 1090. The van der Waals surface area contributed by atoms with E-state index in [1.807, 2.05) is 0 Å². The zero-order valence-corrected chi connectivity index (χ0v) is 13.7. The minimum Gasteiger partial charge on any atom is -0.477 e. The van der Waals surface area contributed by atoms with E-state index in [-0.39, 0.29) is 6.54 Å². The molecular weight excluding hydrogens is 359 g/mol. The van der Waals surface area contributed by atoms with Gasteiger partial charge in [-0.15, -0.1) is 0 Å². The summed E-state index contributed by atoms with van der Waals surface area (Å²) in [5.74, 6) is -1.36. The molecule has 5 nitrogen and oxygen atoms in total. The van der Waals surface area contributed by atoms with Crippen LogP contribution < -0.4 is 0 Å². The van der Waals surface area contributed by atoms with Gasteiger partial charge in [0.25, 0.3) is 0 Å². The molecular formula is C19H12F3N3O2. The summed E-state index contributed by atoms with van der Waals surface area (Å²) in [7, 11) is 0. The molecule has 0 saturated heterocycles. The van der Waals surface area contributed by atoms with Gasteiger partial charge < -0.3 is 9.67 Å². The summed E-state index contributed by atoms with van der Waals surface area (Å²) >= 11 is 0. The molecule has 1 N–H and O–H groups in total. The number of nitrogens with zero attached hydrogens (tertiary/aromatic N) is 3. The van der Waals surface area contributed by atoms with Gasteiger partial charge in [0.2, 0.25) is 0 Å². The van der Waals surface area contributed by atoms with Crippen molar-refractivity contribution in [1.29, 1.82) is 5.26 Å². The molecule has 0 aliphatic heterocycles. The Labute approximate surface area is 151 Å². The van der Waals surface area contributed by atoms with Crippen molar-refractivity contribution in [2.24, 2.45) is 0 Å². The second-order valence-electron chi connectivity index (χ2n) is 5.76. The number of hydrogen-bond donors (Lipinski definition) is 1. The Kier molecular flexibility index (Phi) is 4.69. The first-order valence-electron chi connectivity index (χ1n) is 7.74. The van der Waals surface area contributed by atoms with Crippen molar-refractivity contribution in [3.05, 3.63) is 71.1 Å². The maximum absolute atomic E-state index is 12.9. The molecule has 0 bridgehead atoms. The third-order valence-corrected chi connectivity index (χ3v) is 3.92. The molecule has 2 heterocycles. The van der Waals surface area contributed by atoms with Crippen molar-refractivity contribution >= 4 is 23.1 Å². The number of aliphatic carboxylic acids is 1. The fraction of sp³-hybridized carbons (Fsp3) is 0.105. The Morgan fingerprint density at radius 1 is 1.30 bits per heavy atom. The van der Waals surface area contributed by atoms with Crippen LogP contribution in [0.15, 0.2) is 54.4 Å². The summed E-state index contributed by atoms with van der Waals surface area (Å²) < 4.78 is 40.3. The van der Waals surface area contributed by atoms with Crippen molar-refractivity contribution < 1.29 is 23.1 Å². The zero-order chi connectivity index (χ0) is 19.6. The van der Waals surface area contributed by atoms with Crippen LogP contribution in [0.5, 0.6) is 0 Å². The van der Waals surface area contributed by atoms with Gasteiger partial charge in [-0.2, -0.15) is 18.4 Å². The number of alkyl halides is 3. The first-order valence-corrected chi connectivity index (χ1v) is 7.74. The number of carbonyl (C=O) groups is 1. The highest BCUT2D eigenvalue weighted by molar-refractivity contribution is 5.99. The predicted octanol–water partition coefficient (Wildman–Crippen LogP) is 4.09. The van der Waals surface area contributed by atoms with E-state index in [1.54, 1.807) is 35.0 Å². The lowest BCUT2D eigenvalue weighted by Crippen LogP contribution is -2.06. The number of carboxylic acid groups (broad SMARTS) is 1. The summed E-state index contributed by atoms with van der Waals surface area (Å²) in [6.45, 7) is 0.111. The summed E-state index contributed by atoms with van der Waals surface area (Å²) in [5, 5.41) is 18.6. The van der Waals surface area contributed by atoms with Crippen LogP contribution in [0, 0.1) is 11.3 Å². The third-order valence-electron chi connectivity index (χ3n) is 3.92. The van der Waals surface area contributed by atoms with Gasteiger partial charge in [0.1, 0.15) is 17.3 Å². The van der Waals surface area contributed by atoms with Gasteiger partial charge in [-0.3, -0.25) is 0 Å². The SMILES string of the molecule is N#CC(=Cc1cn(Cc2cccc(C(F)(F)F)c2)c2ncccc12)C(=O)O. The summed E-state index contributed by atoms with van der Waals surface area (Å²) in [5.41, 5.74) is 0.147. The standard InChI is InChI=1S/C19H12F3N3O2/c20-19(21,22)15-4-1-3-12(7-15)10-25-11-14(8-13(9-23)18(26)27)16-5-2-6-24-17(16)25/h1-8,11H,10H2,(H,26,27). The smallest absolute Gasteiger partial charge is 0.416 e. The molecule has 2 aromatic heterocycles. The topological polar surface area (TPSA) is 78.9 Å². The molecule has 1 aromatic carbocycles. The lowest BCUT2D eigenvalue weighted by atomic mass is 10.1. The minimum absolute atomic E-state index is 0.111. The van der Waals surface area contributed by atoms with Gasteiger partial charge in [0.15, 0.2) is 0 Å². The van der Waals surface area contributed by atoms with Gasteiger partial charge in [-0.1, -0.05) is 12.1 Å². The molecule has 27 heavy (non-hydrogen) atoms. The Morgan fingerprint density at radius 2 is 2.07 bits per heavy atom. The highest BCUT2D eigenvalue weighted by atomic mass is 19.4. The van der Waals surface area contributed by atoms with Crippen LogP contribution in [0.1, 0.15) is 16.7 Å². The fourth-order valence-electron chi connectivity index (χ4n) is 2.73. The Balaban J connectivity index is 2.07. The molecule has 0 spiro atoms. The molecule has 0 atom stereocenters. The summed E-state index contributed by atoms with van der Waals surface area (Å²) in [4.78, 5) is 15.3. The van der Waals surface area contributed by atoms with Crippen molar-refractivity contribution in [2.75, 3.05) is 0 Å². The van der Waals surface area contributed by atoms with E-state index in [1.165, 1.54) is 18.3 Å². The van der Waals surface area contributed by atoms with Crippen LogP contribution in [-0.4, -0.2) is 20.6 Å². The van der Waals surface area contributed by atoms with Gasteiger partial charge in [-0.05, 0) is 35.9 Å². The van der Waals surface area contributed by atoms with Gasteiger partial charge >= 0.3 is 12.1 Å². The molecule has 8 heteroatoms. The summed E-state index contributed by atoms with van der Waals surface area (Å²) in [6, 6.07) is 9.91. The maximum atomic E-state index is 12.9. The highest BCUT2D eigenvalue weighted by Gasteiger charge is 2.30. The molecule has 0 amide bonds. The van der Waals surface area contributed by atoms with E-state index >= 15 is 0 Å². The third kappa shape index (κ3) is 3.82. The van der Waals surface area contributed by atoms with Gasteiger partial charge in [0.05, 0.1) is 5.56 Å². The zero-order valence-electron chi connectivity index (χ0n) is 13.7. The quantitative estimate of drug-likeness (QED) is 0.553. The number of nitriles is 1. The van der Waals surface area contributed by atoms with E-state index in [0.29, 0.717) is 22.2 Å². The second-order valence-corrected chi connectivity index (χ2v) is 5.76. The number of fused-ring (bicyclic) bond motifs is 1. The van der Waals surface area contributed by atoms with E-state index in [2.05, 4.69) is 4.98 Å². The van der Waals surface area contributed by atoms with Crippen molar-refractivity contribution in [2.45, 2.75) is 12.7 Å². The number of aromatic nitrogens is 2. The first-order chi connectivity index (χ1) is 12.8. The normalized spacial score (nSPS) is 12.1. The average molecular weight is 371 g/mol. The highest BCUT2D eigenvalue weighted by Crippen LogP contribution is 2.30. The Morgan fingerprint density at radius 3 is 2.74 bits per heavy atom. The van der Waals surface area contributed by atoms with Crippen LogP contribution in [0.2, 0.25) is 0 Å². The predicted molar refractivity (Wildman–Crippen MR) is 91.5 cm³/mol. The van der Waals surface area contributed by atoms with Crippen LogP contribution >= 0.6 is 0 Å². The molecule has 0 radical (unpaired) electrons. The molecule has 136 valence electrons. The molecule has 0 fully saturated rings. The molecule has 0 aliphatic carbocycles. The first kappa shape index (κ1) is 18.2. The van der Waals surface area contributed by atoms with Crippen LogP contribution in [0.4, 0.5) is 13.2 Å². The number of benzene rings is 1. The van der Waals surface area contributed by atoms with Crippen LogP contribution in [0.25, 0.3) is 17.1 Å². The number of halogens is 3. The molecule has 3 aromatic rings. The maximum Gasteiger partial charge on any atom is 0.416 e. The lowest BCUT2D eigenvalue weighted by molar-refractivity contribution is -0.137. The molecule has 0 unspecified atom stereocenters.